The summed E-state index contributed by atoms with van der Waals surface area (Å²) in [5.74, 6) is -0.407. The van der Waals surface area contributed by atoms with E-state index in [-0.39, 0.29) is 6.61 Å². The molecular formula is C15H18ClNO3. The molecule has 20 heavy (non-hydrogen) atoms. The summed E-state index contributed by atoms with van der Waals surface area (Å²) in [6.07, 6.45) is 6.34. The second-order valence-electron chi connectivity index (χ2n) is 3.98. The first kappa shape index (κ1) is 16.4. The van der Waals surface area contributed by atoms with Gasteiger partial charge in [-0.25, -0.2) is 9.78 Å². The zero-order chi connectivity index (χ0) is 14.8. The number of hydrogen-bond donors (Lipinski definition) is 0. The minimum absolute atomic E-state index is 0.190. The molecule has 0 bridgehead atoms. The van der Waals surface area contributed by atoms with Crippen molar-refractivity contribution in [2.75, 3.05) is 19.8 Å². The molecule has 0 radical (unpaired) electrons. The summed E-state index contributed by atoms with van der Waals surface area (Å²) < 4.78 is 10.1. The van der Waals surface area contributed by atoms with Gasteiger partial charge in [-0.3, -0.25) is 0 Å². The summed E-state index contributed by atoms with van der Waals surface area (Å²) >= 11 is 5.69. The highest BCUT2D eigenvalue weighted by Crippen LogP contribution is 2.07. The van der Waals surface area contributed by atoms with Gasteiger partial charge in [-0.2, -0.15) is 0 Å². The van der Waals surface area contributed by atoms with Crippen LogP contribution in [0.25, 0.3) is 6.08 Å². The Morgan fingerprint density at radius 1 is 1.50 bits per heavy atom. The molecule has 0 aliphatic heterocycles. The number of pyridine rings is 1. The van der Waals surface area contributed by atoms with Crippen molar-refractivity contribution in [2.45, 2.75) is 13.3 Å². The van der Waals surface area contributed by atoms with Crippen LogP contribution >= 0.6 is 11.6 Å². The van der Waals surface area contributed by atoms with Gasteiger partial charge in [0.05, 0.1) is 25.4 Å². The Labute approximate surface area is 124 Å². The first-order valence-corrected chi connectivity index (χ1v) is 6.72. The third-order valence-electron chi connectivity index (χ3n) is 2.33. The van der Waals surface area contributed by atoms with E-state index in [1.807, 2.05) is 18.2 Å². The van der Waals surface area contributed by atoms with Crippen molar-refractivity contribution in [1.29, 1.82) is 0 Å². The average molecular weight is 296 g/mol. The first-order chi connectivity index (χ1) is 9.63. The van der Waals surface area contributed by atoms with Crippen molar-refractivity contribution in [3.63, 3.8) is 0 Å². The molecule has 4 nitrogen and oxygen atoms in total. The van der Waals surface area contributed by atoms with Crippen LogP contribution in [0.2, 0.25) is 5.15 Å². The predicted molar refractivity (Wildman–Crippen MR) is 79.5 cm³/mol. The van der Waals surface area contributed by atoms with E-state index in [4.69, 9.17) is 21.1 Å². The zero-order valence-electron chi connectivity index (χ0n) is 11.5. The van der Waals surface area contributed by atoms with Crippen LogP contribution in [0.3, 0.4) is 0 Å². The van der Waals surface area contributed by atoms with Crippen LogP contribution in [-0.4, -0.2) is 30.8 Å². The van der Waals surface area contributed by atoms with Gasteiger partial charge in [0.25, 0.3) is 0 Å². The normalized spacial score (nSPS) is 10.7. The summed E-state index contributed by atoms with van der Waals surface area (Å²) in [7, 11) is 0. The molecule has 0 saturated carbocycles. The fourth-order valence-electron chi connectivity index (χ4n) is 1.34. The zero-order valence-corrected chi connectivity index (χ0v) is 12.2. The van der Waals surface area contributed by atoms with E-state index in [1.165, 1.54) is 0 Å². The molecule has 5 heteroatoms. The topological polar surface area (TPSA) is 48.4 Å². The second-order valence-corrected chi connectivity index (χ2v) is 4.37. The van der Waals surface area contributed by atoms with E-state index in [0.29, 0.717) is 23.9 Å². The highest BCUT2D eigenvalue weighted by Gasteiger charge is 2.06. The molecule has 0 spiro atoms. The fourth-order valence-corrected chi connectivity index (χ4v) is 1.46. The van der Waals surface area contributed by atoms with Crippen LogP contribution in [0.4, 0.5) is 0 Å². The minimum Gasteiger partial charge on any atom is -0.463 e. The van der Waals surface area contributed by atoms with Crippen LogP contribution in [0.1, 0.15) is 18.9 Å². The molecule has 0 N–H and O–H groups in total. The average Bonchev–Trinajstić information content (AvgIpc) is 2.44. The molecule has 0 fully saturated rings. The Hall–Kier alpha value is -1.65. The minimum atomic E-state index is -0.407. The molecule has 108 valence electrons. The molecule has 1 aromatic heterocycles. The van der Waals surface area contributed by atoms with E-state index in [9.17, 15) is 4.79 Å². The van der Waals surface area contributed by atoms with Gasteiger partial charge in [-0.1, -0.05) is 36.4 Å². The fraction of sp³-hybridized carbons (Fsp3) is 0.333. The number of ether oxygens (including phenoxy) is 2. The van der Waals surface area contributed by atoms with Crippen molar-refractivity contribution in [2.24, 2.45) is 0 Å². The molecule has 0 saturated heterocycles. The molecule has 0 aliphatic carbocycles. The highest BCUT2D eigenvalue weighted by atomic mass is 35.5. The number of esters is 1. The van der Waals surface area contributed by atoms with Crippen molar-refractivity contribution in [3.8, 4) is 0 Å². The molecule has 0 atom stereocenters. The third-order valence-corrected chi connectivity index (χ3v) is 2.55. The Balaban J connectivity index is 2.17. The van der Waals surface area contributed by atoms with Crippen molar-refractivity contribution < 1.29 is 14.3 Å². The van der Waals surface area contributed by atoms with Gasteiger partial charge >= 0.3 is 5.97 Å². The van der Waals surface area contributed by atoms with Gasteiger partial charge in [0, 0.05) is 6.20 Å². The molecule has 1 heterocycles. The number of hydrogen-bond acceptors (Lipinski definition) is 4. The number of aromatic nitrogens is 1. The van der Waals surface area contributed by atoms with E-state index in [2.05, 4.69) is 11.6 Å². The molecule has 0 amide bonds. The van der Waals surface area contributed by atoms with Gasteiger partial charge < -0.3 is 9.47 Å². The molecule has 0 aliphatic rings. The second kappa shape index (κ2) is 9.28. The maximum absolute atomic E-state index is 11.2. The van der Waals surface area contributed by atoms with Gasteiger partial charge in [0.2, 0.25) is 0 Å². The summed E-state index contributed by atoms with van der Waals surface area (Å²) in [6, 6.07) is 3.62. The monoisotopic (exact) mass is 295 g/mol. The van der Waals surface area contributed by atoms with E-state index >= 15 is 0 Å². The van der Waals surface area contributed by atoms with Crippen LogP contribution in [0, 0.1) is 0 Å². The Bertz CT molecular complexity index is 469. The molecule has 0 unspecified atom stereocenters. The number of carbonyl (C=O) groups excluding carboxylic acids is 1. The largest absolute Gasteiger partial charge is 0.463 e. The Morgan fingerprint density at radius 3 is 2.95 bits per heavy atom. The van der Waals surface area contributed by atoms with Crippen molar-refractivity contribution in [1.82, 2.24) is 4.98 Å². The third kappa shape index (κ3) is 6.50. The van der Waals surface area contributed by atoms with Gasteiger partial charge in [0.15, 0.2) is 0 Å². The Morgan fingerprint density at radius 2 is 2.30 bits per heavy atom. The van der Waals surface area contributed by atoms with E-state index in [0.717, 1.165) is 12.0 Å². The standard InChI is InChI=1S/C15H18ClNO3/c1-3-20-15(18)12(2)11-19-9-5-4-6-13-7-8-14(16)17-10-13/h4,6-8,10H,2-3,5,9,11H2,1H3. The molecule has 0 aromatic carbocycles. The highest BCUT2D eigenvalue weighted by molar-refractivity contribution is 6.29. The maximum atomic E-state index is 11.2. The SMILES string of the molecule is C=C(COCCC=Cc1ccc(Cl)nc1)C(=O)OCC. The lowest BCUT2D eigenvalue weighted by molar-refractivity contribution is -0.139. The van der Waals surface area contributed by atoms with Crippen LogP contribution in [0.15, 0.2) is 36.6 Å². The Kier molecular flexibility index (Phi) is 7.62. The van der Waals surface area contributed by atoms with E-state index in [1.54, 1.807) is 19.2 Å². The molecule has 1 rings (SSSR count). The maximum Gasteiger partial charge on any atom is 0.335 e. The summed E-state index contributed by atoms with van der Waals surface area (Å²) in [5.41, 5.74) is 1.31. The van der Waals surface area contributed by atoms with E-state index < -0.39 is 5.97 Å². The molecule has 1 aromatic rings. The smallest absolute Gasteiger partial charge is 0.335 e. The van der Waals surface area contributed by atoms with Gasteiger partial charge in [0.1, 0.15) is 5.15 Å². The number of carbonyl (C=O) groups is 1. The lowest BCUT2D eigenvalue weighted by atomic mass is 10.2. The molecular weight excluding hydrogens is 278 g/mol. The predicted octanol–water partition coefficient (Wildman–Crippen LogP) is 3.27. The van der Waals surface area contributed by atoms with Crippen molar-refractivity contribution in [3.05, 3.63) is 47.3 Å². The lowest BCUT2D eigenvalue weighted by Crippen LogP contribution is -2.11. The van der Waals surface area contributed by atoms with Crippen LogP contribution in [0.5, 0.6) is 0 Å². The summed E-state index contributed by atoms with van der Waals surface area (Å²) in [6.45, 7) is 6.40. The number of halogens is 1. The van der Waals surface area contributed by atoms with Crippen LogP contribution < -0.4 is 0 Å². The lowest BCUT2D eigenvalue weighted by Gasteiger charge is -2.05. The van der Waals surface area contributed by atoms with Crippen molar-refractivity contribution >= 4 is 23.6 Å². The number of rotatable bonds is 8. The summed E-state index contributed by atoms with van der Waals surface area (Å²) in [4.78, 5) is 15.2. The van der Waals surface area contributed by atoms with Crippen LogP contribution in [-0.2, 0) is 14.3 Å². The van der Waals surface area contributed by atoms with Gasteiger partial charge in [-0.15, -0.1) is 0 Å². The van der Waals surface area contributed by atoms with Gasteiger partial charge in [-0.05, 0) is 25.0 Å². The summed E-state index contributed by atoms with van der Waals surface area (Å²) in [5, 5.41) is 0.475. The quantitative estimate of drug-likeness (QED) is 0.320. The number of nitrogens with zero attached hydrogens (tertiary/aromatic N) is 1. The first-order valence-electron chi connectivity index (χ1n) is 6.34.